The Kier molecular flexibility index (Phi) is 3.34. The molecule has 1 fully saturated rings. The molecule has 0 saturated carbocycles. The molecule has 0 spiro atoms. The van der Waals surface area contributed by atoms with Crippen molar-refractivity contribution in [1.29, 1.82) is 0 Å². The second-order valence-corrected chi connectivity index (χ2v) is 5.27. The highest BCUT2D eigenvalue weighted by Crippen LogP contribution is 2.32. The zero-order chi connectivity index (χ0) is 10.7. The van der Waals surface area contributed by atoms with Gasteiger partial charge in [0.1, 0.15) is 0 Å². The average molecular weight is 223 g/mol. The first-order chi connectivity index (χ1) is 7.30. The fraction of sp³-hybridized carbons (Fsp3) is 0.500. The van der Waals surface area contributed by atoms with Crippen LogP contribution < -0.4 is 5.73 Å². The number of thioether (sulfide) groups is 1. The van der Waals surface area contributed by atoms with Crippen molar-refractivity contribution in [2.24, 2.45) is 5.73 Å². The van der Waals surface area contributed by atoms with Gasteiger partial charge in [-0.2, -0.15) is 0 Å². The lowest BCUT2D eigenvalue weighted by molar-refractivity contribution is -0.0550. The van der Waals surface area contributed by atoms with Crippen LogP contribution in [-0.2, 0) is 10.2 Å². The second kappa shape index (κ2) is 4.56. The molecule has 0 radical (unpaired) electrons. The van der Waals surface area contributed by atoms with Gasteiger partial charge in [0.05, 0.1) is 18.6 Å². The number of benzene rings is 1. The average Bonchev–Trinajstić information content (AvgIpc) is 2.20. The number of hydrogen-bond acceptors (Lipinski definition) is 3. The summed E-state index contributed by atoms with van der Waals surface area (Å²) >= 11 is 1.87. The molecular weight excluding hydrogens is 206 g/mol. The molecule has 2 nitrogen and oxygen atoms in total. The Morgan fingerprint density at radius 2 is 2.00 bits per heavy atom. The first kappa shape index (κ1) is 11.0. The van der Waals surface area contributed by atoms with E-state index in [1.807, 2.05) is 11.8 Å². The van der Waals surface area contributed by atoms with Gasteiger partial charge in [0.2, 0.25) is 0 Å². The molecule has 1 aromatic carbocycles. The highest BCUT2D eigenvalue weighted by molar-refractivity contribution is 7.99. The SMILES string of the molecule is CCSc1ccc(C2(CN)COC2)cc1. The Balaban J connectivity index is 2.15. The summed E-state index contributed by atoms with van der Waals surface area (Å²) in [5.41, 5.74) is 7.22. The van der Waals surface area contributed by atoms with Crippen molar-refractivity contribution in [2.75, 3.05) is 25.5 Å². The summed E-state index contributed by atoms with van der Waals surface area (Å²) in [7, 11) is 0. The molecule has 0 atom stereocenters. The molecule has 0 aliphatic carbocycles. The number of hydrogen-bond donors (Lipinski definition) is 1. The van der Waals surface area contributed by atoms with Crippen LogP contribution in [0.1, 0.15) is 12.5 Å². The molecule has 1 aliphatic heterocycles. The van der Waals surface area contributed by atoms with Gasteiger partial charge < -0.3 is 10.5 Å². The quantitative estimate of drug-likeness (QED) is 0.793. The van der Waals surface area contributed by atoms with Crippen LogP contribution in [0.2, 0.25) is 0 Å². The van der Waals surface area contributed by atoms with E-state index in [0.29, 0.717) is 6.54 Å². The van der Waals surface area contributed by atoms with Crippen molar-refractivity contribution in [3.63, 3.8) is 0 Å². The van der Waals surface area contributed by atoms with E-state index in [-0.39, 0.29) is 5.41 Å². The molecule has 15 heavy (non-hydrogen) atoms. The monoisotopic (exact) mass is 223 g/mol. The van der Waals surface area contributed by atoms with E-state index in [2.05, 4.69) is 31.2 Å². The van der Waals surface area contributed by atoms with E-state index in [1.54, 1.807) is 0 Å². The summed E-state index contributed by atoms with van der Waals surface area (Å²) in [6.07, 6.45) is 0. The highest BCUT2D eigenvalue weighted by atomic mass is 32.2. The molecule has 82 valence electrons. The fourth-order valence-corrected chi connectivity index (χ4v) is 2.48. The van der Waals surface area contributed by atoms with Crippen molar-refractivity contribution in [3.05, 3.63) is 29.8 Å². The smallest absolute Gasteiger partial charge is 0.0597 e. The summed E-state index contributed by atoms with van der Waals surface area (Å²) < 4.78 is 5.28. The molecule has 2 rings (SSSR count). The van der Waals surface area contributed by atoms with Gasteiger partial charge >= 0.3 is 0 Å². The molecule has 1 heterocycles. The lowest BCUT2D eigenvalue weighted by Gasteiger charge is -2.41. The maximum atomic E-state index is 5.81. The van der Waals surface area contributed by atoms with Gasteiger partial charge in [-0.3, -0.25) is 0 Å². The van der Waals surface area contributed by atoms with Gasteiger partial charge in [0, 0.05) is 11.4 Å². The summed E-state index contributed by atoms with van der Waals surface area (Å²) in [5, 5.41) is 0. The van der Waals surface area contributed by atoms with Gasteiger partial charge in [-0.1, -0.05) is 19.1 Å². The third-order valence-corrected chi connectivity index (χ3v) is 3.82. The minimum atomic E-state index is 0.0927. The summed E-state index contributed by atoms with van der Waals surface area (Å²) in [6.45, 7) is 4.38. The van der Waals surface area contributed by atoms with Crippen molar-refractivity contribution in [2.45, 2.75) is 17.2 Å². The predicted molar refractivity (Wildman–Crippen MR) is 64.4 cm³/mol. The molecule has 1 aliphatic rings. The lowest BCUT2D eigenvalue weighted by atomic mass is 9.79. The number of nitrogens with two attached hydrogens (primary N) is 1. The Labute approximate surface area is 95.2 Å². The standard InChI is InChI=1S/C12H17NOS/c1-2-15-11-5-3-10(4-6-11)12(7-13)8-14-9-12/h3-6H,2,7-9,13H2,1H3. The van der Waals surface area contributed by atoms with E-state index in [9.17, 15) is 0 Å². The third kappa shape index (κ3) is 2.05. The molecular formula is C12H17NOS. The van der Waals surface area contributed by atoms with Gasteiger partial charge in [0.15, 0.2) is 0 Å². The van der Waals surface area contributed by atoms with Crippen molar-refractivity contribution >= 4 is 11.8 Å². The molecule has 3 heteroatoms. The highest BCUT2D eigenvalue weighted by Gasteiger charge is 2.38. The zero-order valence-electron chi connectivity index (χ0n) is 9.03. The maximum Gasteiger partial charge on any atom is 0.0597 e. The molecule has 0 unspecified atom stereocenters. The fourth-order valence-electron chi connectivity index (χ4n) is 1.82. The van der Waals surface area contributed by atoms with Gasteiger partial charge in [-0.05, 0) is 23.4 Å². The van der Waals surface area contributed by atoms with Gasteiger partial charge in [0.25, 0.3) is 0 Å². The van der Waals surface area contributed by atoms with Crippen LogP contribution in [0.3, 0.4) is 0 Å². The topological polar surface area (TPSA) is 35.2 Å². The minimum absolute atomic E-state index is 0.0927. The largest absolute Gasteiger partial charge is 0.379 e. The van der Waals surface area contributed by atoms with Crippen LogP contribution in [0, 0.1) is 0 Å². The van der Waals surface area contributed by atoms with Crippen LogP contribution in [0.4, 0.5) is 0 Å². The van der Waals surface area contributed by atoms with Crippen LogP contribution >= 0.6 is 11.8 Å². The number of rotatable bonds is 4. The predicted octanol–water partition coefficient (Wildman–Crippen LogP) is 2.03. The Bertz CT molecular complexity index is 313. The van der Waals surface area contributed by atoms with Crippen LogP contribution in [0.15, 0.2) is 29.2 Å². The first-order valence-electron chi connectivity index (χ1n) is 5.32. The van der Waals surface area contributed by atoms with E-state index >= 15 is 0 Å². The van der Waals surface area contributed by atoms with E-state index in [4.69, 9.17) is 10.5 Å². The maximum absolute atomic E-state index is 5.81. The van der Waals surface area contributed by atoms with E-state index in [0.717, 1.165) is 19.0 Å². The molecule has 1 saturated heterocycles. The van der Waals surface area contributed by atoms with E-state index < -0.39 is 0 Å². The van der Waals surface area contributed by atoms with Gasteiger partial charge in [-0.15, -0.1) is 11.8 Å². The molecule has 0 aromatic heterocycles. The van der Waals surface area contributed by atoms with Crippen LogP contribution in [0.25, 0.3) is 0 Å². The normalized spacial score (nSPS) is 18.5. The Hall–Kier alpha value is -0.510. The molecule has 0 amide bonds. The van der Waals surface area contributed by atoms with E-state index in [1.165, 1.54) is 10.5 Å². The summed E-state index contributed by atoms with van der Waals surface area (Å²) in [6, 6.07) is 8.74. The third-order valence-electron chi connectivity index (χ3n) is 2.93. The van der Waals surface area contributed by atoms with Crippen molar-refractivity contribution in [1.82, 2.24) is 0 Å². The zero-order valence-corrected chi connectivity index (χ0v) is 9.85. The summed E-state index contributed by atoms with van der Waals surface area (Å²) in [4.78, 5) is 1.33. The Morgan fingerprint density at radius 1 is 1.33 bits per heavy atom. The first-order valence-corrected chi connectivity index (χ1v) is 6.30. The molecule has 0 bridgehead atoms. The van der Waals surface area contributed by atoms with Gasteiger partial charge in [-0.25, -0.2) is 0 Å². The summed E-state index contributed by atoms with van der Waals surface area (Å²) in [5.74, 6) is 1.12. The van der Waals surface area contributed by atoms with Crippen molar-refractivity contribution in [3.8, 4) is 0 Å². The van der Waals surface area contributed by atoms with Crippen molar-refractivity contribution < 1.29 is 4.74 Å². The second-order valence-electron chi connectivity index (χ2n) is 3.93. The molecule has 1 aromatic rings. The molecule has 2 N–H and O–H groups in total. The number of ether oxygens (including phenoxy) is 1. The lowest BCUT2D eigenvalue weighted by Crippen LogP contribution is -2.52. The minimum Gasteiger partial charge on any atom is -0.379 e. The van der Waals surface area contributed by atoms with Crippen LogP contribution in [-0.4, -0.2) is 25.5 Å². The van der Waals surface area contributed by atoms with Crippen LogP contribution in [0.5, 0.6) is 0 Å². The Morgan fingerprint density at radius 3 is 2.40 bits per heavy atom.